The van der Waals surface area contributed by atoms with Crippen molar-refractivity contribution in [2.45, 2.75) is 27.7 Å². The molecule has 0 N–H and O–H groups in total. The SMILES string of the molecule is CCP(CC)(CC)(CC)OS(C)(=O)=O. The van der Waals surface area contributed by atoms with Crippen molar-refractivity contribution in [2.24, 2.45) is 0 Å². The van der Waals surface area contributed by atoms with Crippen molar-refractivity contribution in [3.63, 3.8) is 0 Å². The minimum atomic E-state index is -3.33. The third-order valence-corrected chi connectivity index (χ3v) is 12.7. The van der Waals surface area contributed by atoms with Crippen LogP contribution < -0.4 is 0 Å². The summed E-state index contributed by atoms with van der Waals surface area (Å²) in [5.74, 6) is 0. The first-order chi connectivity index (χ1) is 6.26. The van der Waals surface area contributed by atoms with Gasteiger partial charge >= 0.3 is 87.9 Å². The van der Waals surface area contributed by atoms with E-state index in [0.717, 1.165) is 30.9 Å². The van der Waals surface area contributed by atoms with Crippen LogP contribution >= 0.6 is 6.83 Å². The van der Waals surface area contributed by atoms with Gasteiger partial charge in [0, 0.05) is 0 Å². The summed E-state index contributed by atoms with van der Waals surface area (Å²) in [6.07, 6.45) is 4.56. The predicted molar refractivity (Wildman–Crippen MR) is 65.0 cm³/mol. The first-order valence-corrected chi connectivity index (χ1v) is 9.90. The Balaban J connectivity index is 5.26. The van der Waals surface area contributed by atoms with E-state index < -0.39 is 16.9 Å². The van der Waals surface area contributed by atoms with Crippen molar-refractivity contribution in [1.29, 1.82) is 0 Å². The molecule has 0 heterocycles. The molecule has 0 spiro atoms. The molecular formula is C9H23O3PS. The van der Waals surface area contributed by atoms with Gasteiger partial charge in [-0.1, -0.05) is 0 Å². The van der Waals surface area contributed by atoms with Gasteiger partial charge in [0.15, 0.2) is 0 Å². The van der Waals surface area contributed by atoms with Crippen LogP contribution in [0.1, 0.15) is 27.7 Å². The zero-order valence-corrected chi connectivity index (χ0v) is 11.6. The van der Waals surface area contributed by atoms with Crippen LogP contribution in [0.2, 0.25) is 0 Å². The van der Waals surface area contributed by atoms with Crippen LogP contribution in [0.4, 0.5) is 0 Å². The van der Waals surface area contributed by atoms with Gasteiger partial charge in [-0.25, -0.2) is 0 Å². The molecule has 0 aliphatic carbocycles. The van der Waals surface area contributed by atoms with Gasteiger partial charge in [0.1, 0.15) is 0 Å². The summed E-state index contributed by atoms with van der Waals surface area (Å²) in [4.78, 5) is 0. The van der Waals surface area contributed by atoms with Gasteiger partial charge < -0.3 is 0 Å². The first kappa shape index (κ1) is 14.3. The minimum absolute atomic E-state index is 0.849. The number of rotatable bonds is 6. The average Bonchev–Trinajstić information content (AvgIpc) is 2.14. The molecule has 0 unspecified atom stereocenters. The fraction of sp³-hybridized carbons (Fsp3) is 1.00. The third-order valence-electron chi connectivity index (χ3n) is 3.55. The van der Waals surface area contributed by atoms with E-state index in [4.69, 9.17) is 3.97 Å². The Labute approximate surface area is 88.4 Å². The van der Waals surface area contributed by atoms with Crippen molar-refractivity contribution in [2.75, 3.05) is 30.9 Å². The predicted octanol–water partition coefficient (Wildman–Crippen LogP) is 2.51. The molecule has 0 amide bonds. The summed E-state index contributed by atoms with van der Waals surface area (Å²) in [5.41, 5.74) is 0. The van der Waals surface area contributed by atoms with Gasteiger partial charge in [0.05, 0.1) is 0 Å². The summed E-state index contributed by atoms with van der Waals surface area (Å²) in [6, 6.07) is 0. The molecule has 0 aliphatic heterocycles. The van der Waals surface area contributed by atoms with Crippen LogP contribution in [0.3, 0.4) is 0 Å². The van der Waals surface area contributed by atoms with Crippen molar-refractivity contribution in [3.8, 4) is 0 Å². The Morgan fingerprint density at radius 2 is 1.21 bits per heavy atom. The van der Waals surface area contributed by atoms with E-state index in [1.165, 1.54) is 0 Å². The standard InChI is InChI=1S/C9H23O3PS/c1-6-13(7-2,8-3,9-4)12-14(5,10)11/h6-9H2,1-5H3. The van der Waals surface area contributed by atoms with Crippen molar-refractivity contribution >= 4 is 16.9 Å². The molecule has 0 saturated heterocycles. The molecule has 88 valence electrons. The summed E-state index contributed by atoms with van der Waals surface area (Å²) in [5, 5.41) is 0. The van der Waals surface area contributed by atoms with Crippen LogP contribution in [0.25, 0.3) is 0 Å². The fourth-order valence-corrected chi connectivity index (χ4v) is 9.37. The van der Waals surface area contributed by atoms with E-state index in [1.807, 2.05) is 27.7 Å². The molecule has 0 aliphatic rings. The summed E-state index contributed by atoms with van der Waals surface area (Å²) in [6.45, 7) is 5.73. The van der Waals surface area contributed by atoms with E-state index >= 15 is 0 Å². The second kappa shape index (κ2) is 4.46. The number of hydrogen-bond donors (Lipinski definition) is 0. The normalized spacial score (nSPS) is 16.2. The van der Waals surface area contributed by atoms with Crippen LogP contribution in [-0.2, 0) is 14.1 Å². The maximum absolute atomic E-state index is 11.3. The Kier molecular flexibility index (Phi) is 4.57. The van der Waals surface area contributed by atoms with Crippen LogP contribution in [-0.4, -0.2) is 39.3 Å². The summed E-state index contributed by atoms with van der Waals surface area (Å²) >= 11 is 0. The fourth-order valence-electron chi connectivity index (χ4n) is 1.94. The molecule has 0 atom stereocenters. The van der Waals surface area contributed by atoms with Gasteiger partial charge in [-0.3, -0.25) is 0 Å². The van der Waals surface area contributed by atoms with Gasteiger partial charge in [0.25, 0.3) is 0 Å². The molecule has 0 saturated carbocycles. The molecule has 14 heavy (non-hydrogen) atoms. The number of hydrogen-bond acceptors (Lipinski definition) is 3. The zero-order valence-electron chi connectivity index (χ0n) is 9.91. The Morgan fingerprint density at radius 3 is 1.29 bits per heavy atom. The van der Waals surface area contributed by atoms with Crippen molar-refractivity contribution in [3.05, 3.63) is 0 Å². The maximum atomic E-state index is 11.3. The molecule has 0 radical (unpaired) electrons. The third kappa shape index (κ3) is 2.91. The van der Waals surface area contributed by atoms with Crippen molar-refractivity contribution < 1.29 is 12.4 Å². The molecule has 0 aromatic rings. The molecule has 0 rings (SSSR count). The first-order valence-electron chi connectivity index (χ1n) is 5.18. The van der Waals surface area contributed by atoms with Crippen LogP contribution in [0.5, 0.6) is 0 Å². The second-order valence-electron chi connectivity index (χ2n) is 3.90. The van der Waals surface area contributed by atoms with Gasteiger partial charge in [0.2, 0.25) is 0 Å². The van der Waals surface area contributed by atoms with E-state index in [1.54, 1.807) is 0 Å². The quantitative estimate of drug-likeness (QED) is 0.672. The molecule has 0 bridgehead atoms. The Hall–Kier alpha value is 0.340. The Morgan fingerprint density at radius 1 is 0.929 bits per heavy atom. The van der Waals surface area contributed by atoms with E-state index in [0.29, 0.717) is 0 Å². The Bertz CT molecular complexity index is 257. The van der Waals surface area contributed by atoms with Crippen LogP contribution in [0, 0.1) is 0 Å². The zero-order chi connectivity index (χ0) is 11.5. The molecule has 0 aromatic heterocycles. The topological polar surface area (TPSA) is 43.4 Å². The van der Waals surface area contributed by atoms with E-state index in [-0.39, 0.29) is 0 Å². The molecule has 0 aromatic carbocycles. The average molecular weight is 242 g/mol. The van der Waals surface area contributed by atoms with E-state index in [9.17, 15) is 8.42 Å². The summed E-state index contributed by atoms with van der Waals surface area (Å²) in [7, 11) is -3.33. The van der Waals surface area contributed by atoms with Gasteiger partial charge in [-0.15, -0.1) is 0 Å². The second-order valence-corrected chi connectivity index (χ2v) is 12.2. The van der Waals surface area contributed by atoms with Crippen LogP contribution in [0.15, 0.2) is 0 Å². The van der Waals surface area contributed by atoms with Gasteiger partial charge in [-0.05, 0) is 0 Å². The molecule has 5 heteroatoms. The molecule has 3 nitrogen and oxygen atoms in total. The van der Waals surface area contributed by atoms with Crippen molar-refractivity contribution in [1.82, 2.24) is 0 Å². The molecule has 0 fully saturated rings. The van der Waals surface area contributed by atoms with Gasteiger partial charge in [-0.2, -0.15) is 0 Å². The summed E-state index contributed by atoms with van der Waals surface area (Å²) < 4.78 is 28.1. The van der Waals surface area contributed by atoms with E-state index in [2.05, 4.69) is 0 Å². The monoisotopic (exact) mass is 242 g/mol. The molecular weight excluding hydrogens is 219 g/mol.